The van der Waals surface area contributed by atoms with Crippen molar-refractivity contribution in [3.8, 4) is 0 Å². The fraction of sp³-hybridized carbons (Fsp3) is 0.125. The minimum absolute atomic E-state index is 0.0193. The SMILES string of the molecule is Cn1ncc(NC(=S)Nc2cnn(Cc3cccc(Cl)c3)c2)c1C(=O)O. The summed E-state index contributed by atoms with van der Waals surface area (Å²) in [6.07, 6.45) is 4.82. The van der Waals surface area contributed by atoms with Crippen molar-refractivity contribution in [1.29, 1.82) is 0 Å². The van der Waals surface area contributed by atoms with Crippen molar-refractivity contribution in [2.45, 2.75) is 6.54 Å². The molecule has 134 valence electrons. The van der Waals surface area contributed by atoms with Crippen LogP contribution in [-0.4, -0.2) is 35.7 Å². The Morgan fingerprint density at radius 2 is 2.12 bits per heavy atom. The third-order valence-electron chi connectivity index (χ3n) is 3.51. The van der Waals surface area contributed by atoms with Gasteiger partial charge >= 0.3 is 5.97 Å². The molecule has 0 aliphatic carbocycles. The molecule has 0 radical (unpaired) electrons. The van der Waals surface area contributed by atoms with Crippen LogP contribution >= 0.6 is 23.8 Å². The summed E-state index contributed by atoms with van der Waals surface area (Å²) in [4.78, 5) is 11.3. The first-order valence-corrected chi connectivity index (χ1v) is 8.31. The zero-order valence-corrected chi connectivity index (χ0v) is 15.3. The van der Waals surface area contributed by atoms with E-state index in [1.165, 1.54) is 10.9 Å². The van der Waals surface area contributed by atoms with Crippen molar-refractivity contribution in [2.75, 3.05) is 10.6 Å². The lowest BCUT2D eigenvalue weighted by Crippen LogP contribution is -2.20. The van der Waals surface area contributed by atoms with Crippen LogP contribution in [0.15, 0.2) is 42.9 Å². The number of hydrogen-bond acceptors (Lipinski definition) is 4. The van der Waals surface area contributed by atoms with E-state index in [-0.39, 0.29) is 10.8 Å². The van der Waals surface area contributed by atoms with Crippen molar-refractivity contribution in [3.05, 3.63) is 59.1 Å². The van der Waals surface area contributed by atoms with Crippen molar-refractivity contribution >= 4 is 46.3 Å². The number of rotatable bonds is 5. The maximum atomic E-state index is 11.3. The lowest BCUT2D eigenvalue weighted by molar-refractivity contribution is 0.0686. The average Bonchev–Trinajstić information content (AvgIpc) is 3.14. The number of nitrogens with one attached hydrogen (secondary N) is 2. The maximum absolute atomic E-state index is 11.3. The Hall–Kier alpha value is -2.91. The molecule has 0 saturated heterocycles. The van der Waals surface area contributed by atoms with E-state index >= 15 is 0 Å². The Morgan fingerprint density at radius 3 is 2.85 bits per heavy atom. The van der Waals surface area contributed by atoms with Crippen molar-refractivity contribution in [2.24, 2.45) is 7.05 Å². The highest BCUT2D eigenvalue weighted by Crippen LogP contribution is 2.16. The standard InChI is InChI=1S/C16H15ClN6O2S/c1-22-14(15(24)25)13(7-18-22)21-16(26)20-12-6-19-23(9-12)8-10-3-2-4-11(17)5-10/h2-7,9H,8H2,1H3,(H,24,25)(H2,20,21,26). The van der Waals surface area contributed by atoms with Crippen LogP contribution in [0.25, 0.3) is 0 Å². The molecular weight excluding hydrogens is 376 g/mol. The zero-order chi connectivity index (χ0) is 18.7. The van der Waals surface area contributed by atoms with Crippen molar-refractivity contribution in [3.63, 3.8) is 0 Å². The van der Waals surface area contributed by atoms with E-state index in [4.69, 9.17) is 23.8 Å². The van der Waals surface area contributed by atoms with Crippen LogP contribution in [-0.2, 0) is 13.6 Å². The number of aryl methyl sites for hydroxylation is 1. The molecule has 1 aromatic carbocycles. The van der Waals surface area contributed by atoms with E-state index in [0.29, 0.717) is 22.9 Å². The van der Waals surface area contributed by atoms with Crippen molar-refractivity contribution in [1.82, 2.24) is 19.6 Å². The summed E-state index contributed by atoms with van der Waals surface area (Å²) < 4.78 is 3.00. The summed E-state index contributed by atoms with van der Waals surface area (Å²) in [5.41, 5.74) is 2.02. The van der Waals surface area contributed by atoms with Gasteiger partial charge < -0.3 is 15.7 Å². The number of carboxylic acids is 1. The normalized spacial score (nSPS) is 10.5. The van der Waals surface area contributed by atoms with Crippen LogP contribution in [0, 0.1) is 0 Å². The van der Waals surface area contributed by atoms with E-state index in [2.05, 4.69) is 20.8 Å². The number of thiocarbonyl (C=S) groups is 1. The summed E-state index contributed by atoms with van der Waals surface area (Å²) in [6.45, 7) is 0.564. The van der Waals surface area contributed by atoms with Crippen LogP contribution in [0.2, 0.25) is 5.02 Å². The third kappa shape index (κ3) is 4.19. The van der Waals surface area contributed by atoms with Crippen LogP contribution in [0.3, 0.4) is 0 Å². The molecule has 0 spiro atoms. The third-order valence-corrected chi connectivity index (χ3v) is 3.95. The Morgan fingerprint density at radius 1 is 1.31 bits per heavy atom. The van der Waals surface area contributed by atoms with Crippen LogP contribution in [0.5, 0.6) is 0 Å². The molecule has 0 atom stereocenters. The Labute approximate surface area is 159 Å². The number of benzene rings is 1. The van der Waals surface area contributed by atoms with Gasteiger partial charge in [0, 0.05) is 18.3 Å². The number of hydrogen-bond donors (Lipinski definition) is 3. The van der Waals surface area contributed by atoms with E-state index in [9.17, 15) is 9.90 Å². The molecular formula is C16H15ClN6O2S. The largest absolute Gasteiger partial charge is 0.476 e. The summed E-state index contributed by atoms with van der Waals surface area (Å²) in [6, 6.07) is 7.53. The van der Waals surface area contributed by atoms with Gasteiger partial charge in [-0.15, -0.1) is 0 Å². The molecule has 0 bridgehead atoms. The lowest BCUT2D eigenvalue weighted by Gasteiger charge is -2.08. The first kappa shape index (κ1) is 17.9. The summed E-state index contributed by atoms with van der Waals surface area (Å²) in [5.74, 6) is -1.09. The number of carboxylic acid groups (broad SMARTS) is 1. The zero-order valence-electron chi connectivity index (χ0n) is 13.7. The molecule has 3 N–H and O–H groups in total. The second kappa shape index (κ2) is 7.54. The fourth-order valence-corrected chi connectivity index (χ4v) is 2.84. The number of halogens is 1. The number of aromatic carboxylic acids is 1. The van der Waals surface area contributed by atoms with Crippen LogP contribution in [0.4, 0.5) is 11.4 Å². The van der Waals surface area contributed by atoms with E-state index in [1.54, 1.807) is 24.1 Å². The van der Waals surface area contributed by atoms with Gasteiger partial charge in [-0.25, -0.2) is 4.79 Å². The second-order valence-corrected chi connectivity index (χ2v) is 6.32. The van der Waals surface area contributed by atoms with Gasteiger partial charge in [0.2, 0.25) is 0 Å². The Balaban J connectivity index is 1.64. The molecule has 3 aromatic rings. The monoisotopic (exact) mass is 390 g/mol. The lowest BCUT2D eigenvalue weighted by atomic mass is 10.2. The minimum Gasteiger partial charge on any atom is -0.476 e. The van der Waals surface area contributed by atoms with E-state index in [1.807, 2.05) is 24.3 Å². The average molecular weight is 391 g/mol. The predicted octanol–water partition coefficient (Wildman–Crippen LogP) is 2.83. The Bertz CT molecular complexity index is 967. The molecule has 0 fully saturated rings. The smallest absolute Gasteiger partial charge is 0.356 e. The topological polar surface area (TPSA) is 97.0 Å². The van der Waals surface area contributed by atoms with Gasteiger partial charge in [0.1, 0.15) is 0 Å². The molecule has 0 unspecified atom stereocenters. The first-order chi connectivity index (χ1) is 12.4. The highest BCUT2D eigenvalue weighted by Gasteiger charge is 2.16. The fourth-order valence-electron chi connectivity index (χ4n) is 2.40. The molecule has 0 aliphatic heterocycles. The Kier molecular flexibility index (Phi) is 5.19. The molecule has 0 saturated carbocycles. The molecule has 26 heavy (non-hydrogen) atoms. The second-order valence-electron chi connectivity index (χ2n) is 5.47. The number of anilines is 2. The summed E-state index contributed by atoms with van der Waals surface area (Å²) in [5, 5.41) is 24.1. The molecule has 0 amide bonds. The van der Waals surface area contributed by atoms with Gasteiger partial charge in [-0.3, -0.25) is 9.36 Å². The van der Waals surface area contributed by atoms with Gasteiger partial charge in [-0.2, -0.15) is 10.2 Å². The molecule has 0 aliphatic rings. The highest BCUT2D eigenvalue weighted by atomic mass is 35.5. The van der Waals surface area contributed by atoms with Gasteiger partial charge in [0.05, 0.1) is 30.3 Å². The quantitative estimate of drug-likeness (QED) is 0.576. The number of aromatic nitrogens is 4. The van der Waals surface area contributed by atoms with Gasteiger partial charge in [0.15, 0.2) is 10.8 Å². The molecule has 2 aromatic heterocycles. The van der Waals surface area contributed by atoms with Gasteiger partial charge in [-0.1, -0.05) is 23.7 Å². The molecule has 2 heterocycles. The minimum atomic E-state index is -1.09. The number of carbonyl (C=O) groups is 1. The van der Waals surface area contributed by atoms with Gasteiger partial charge in [-0.05, 0) is 29.9 Å². The first-order valence-electron chi connectivity index (χ1n) is 7.52. The predicted molar refractivity (Wildman–Crippen MR) is 103 cm³/mol. The number of nitrogens with zero attached hydrogens (tertiary/aromatic N) is 4. The summed E-state index contributed by atoms with van der Waals surface area (Å²) in [7, 11) is 1.55. The maximum Gasteiger partial charge on any atom is 0.356 e. The van der Waals surface area contributed by atoms with E-state index < -0.39 is 5.97 Å². The summed E-state index contributed by atoms with van der Waals surface area (Å²) >= 11 is 11.2. The van der Waals surface area contributed by atoms with Crippen LogP contribution in [0.1, 0.15) is 16.1 Å². The van der Waals surface area contributed by atoms with Crippen molar-refractivity contribution < 1.29 is 9.90 Å². The molecule has 10 heteroatoms. The van der Waals surface area contributed by atoms with Crippen LogP contribution < -0.4 is 10.6 Å². The molecule has 8 nitrogen and oxygen atoms in total. The molecule has 3 rings (SSSR count). The highest BCUT2D eigenvalue weighted by molar-refractivity contribution is 7.80. The van der Waals surface area contributed by atoms with Gasteiger partial charge in [0.25, 0.3) is 0 Å². The van der Waals surface area contributed by atoms with E-state index in [0.717, 1.165) is 5.56 Å².